The summed E-state index contributed by atoms with van der Waals surface area (Å²) in [5.41, 5.74) is -0.540. The Labute approximate surface area is 109 Å². The van der Waals surface area contributed by atoms with Crippen LogP contribution in [0.25, 0.3) is 0 Å². The molecule has 0 radical (unpaired) electrons. The summed E-state index contributed by atoms with van der Waals surface area (Å²) in [6.07, 6.45) is 0.442. The Morgan fingerprint density at radius 2 is 2.24 bits per heavy atom. The van der Waals surface area contributed by atoms with E-state index in [2.05, 4.69) is 4.98 Å². The summed E-state index contributed by atoms with van der Waals surface area (Å²) in [4.78, 5) is 3.90. The highest BCUT2D eigenvalue weighted by molar-refractivity contribution is 7.91. The number of halogens is 1. The van der Waals surface area contributed by atoms with Crippen molar-refractivity contribution in [1.29, 1.82) is 0 Å². The Hall–Kier alpha value is -0.210. The zero-order chi connectivity index (χ0) is 12.8. The average molecular weight is 297 g/mol. The van der Waals surface area contributed by atoms with Crippen molar-refractivity contribution >= 4 is 33.0 Å². The number of hydrogen-bond acceptors (Lipinski definition) is 5. The molecule has 1 fully saturated rings. The lowest BCUT2D eigenvalue weighted by Crippen LogP contribution is -2.33. The molecule has 1 aromatic heterocycles. The zero-order valence-corrected chi connectivity index (χ0v) is 11.9. The van der Waals surface area contributed by atoms with Gasteiger partial charge in [-0.3, -0.25) is 0 Å². The molecule has 0 spiro atoms. The van der Waals surface area contributed by atoms with E-state index in [-0.39, 0.29) is 15.2 Å². The number of sulfonamides is 1. The number of aromatic nitrogens is 1. The van der Waals surface area contributed by atoms with Crippen LogP contribution in [-0.2, 0) is 10.0 Å². The maximum atomic E-state index is 12.3. The van der Waals surface area contributed by atoms with E-state index in [4.69, 9.17) is 11.6 Å². The minimum absolute atomic E-state index is 0.115. The summed E-state index contributed by atoms with van der Waals surface area (Å²) in [7, 11) is -3.57. The number of nitrogens with zero attached hydrogens (tertiary/aromatic N) is 2. The second-order valence-corrected chi connectivity index (χ2v) is 8.14. The van der Waals surface area contributed by atoms with Crippen LogP contribution >= 0.6 is 22.9 Å². The lowest BCUT2D eigenvalue weighted by Gasteiger charge is -2.18. The van der Waals surface area contributed by atoms with Crippen molar-refractivity contribution in [1.82, 2.24) is 9.29 Å². The standard InChI is InChI=1S/C9H13ClN2O3S2/c1-6-7(16-8(10)11-6)17(14,15)12-4-3-9(2,13)5-12/h13H,3-5H2,1-2H3. The molecule has 0 aliphatic carbocycles. The highest BCUT2D eigenvalue weighted by Gasteiger charge is 2.39. The Kier molecular flexibility index (Phi) is 3.24. The van der Waals surface area contributed by atoms with Crippen molar-refractivity contribution in [2.24, 2.45) is 0 Å². The van der Waals surface area contributed by atoms with E-state index in [0.29, 0.717) is 18.7 Å². The molecule has 1 aromatic rings. The Morgan fingerprint density at radius 3 is 2.65 bits per heavy atom. The molecule has 0 aromatic carbocycles. The first-order valence-corrected chi connectivity index (χ1v) is 7.71. The van der Waals surface area contributed by atoms with Crippen molar-refractivity contribution in [3.05, 3.63) is 10.2 Å². The van der Waals surface area contributed by atoms with Gasteiger partial charge in [0.25, 0.3) is 10.0 Å². The van der Waals surface area contributed by atoms with E-state index >= 15 is 0 Å². The van der Waals surface area contributed by atoms with Crippen LogP contribution in [0, 0.1) is 6.92 Å². The minimum Gasteiger partial charge on any atom is -0.389 e. The van der Waals surface area contributed by atoms with Crippen LogP contribution < -0.4 is 0 Å². The summed E-state index contributed by atoms with van der Waals surface area (Å²) < 4.78 is 26.2. The quantitative estimate of drug-likeness (QED) is 0.892. The molecule has 5 nitrogen and oxygen atoms in total. The van der Waals surface area contributed by atoms with Crippen molar-refractivity contribution in [3.63, 3.8) is 0 Å². The summed E-state index contributed by atoms with van der Waals surface area (Å²) in [6, 6.07) is 0. The van der Waals surface area contributed by atoms with Crippen molar-refractivity contribution in [3.8, 4) is 0 Å². The van der Waals surface area contributed by atoms with Crippen molar-refractivity contribution < 1.29 is 13.5 Å². The first-order valence-electron chi connectivity index (χ1n) is 5.08. The third-order valence-electron chi connectivity index (χ3n) is 2.72. The lowest BCUT2D eigenvalue weighted by molar-refractivity contribution is 0.0762. The van der Waals surface area contributed by atoms with Gasteiger partial charge in [-0.2, -0.15) is 4.31 Å². The molecule has 96 valence electrons. The van der Waals surface area contributed by atoms with Gasteiger partial charge < -0.3 is 5.11 Å². The van der Waals surface area contributed by atoms with Crippen LogP contribution in [-0.4, -0.2) is 41.5 Å². The summed E-state index contributed by atoms with van der Waals surface area (Å²) in [5, 5.41) is 9.81. The van der Waals surface area contributed by atoms with E-state index in [1.165, 1.54) is 4.31 Å². The maximum Gasteiger partial charge on any atom is 0.254 e. The number of rotatable bonds is 2. The third kappa shape index (κ3) is 2.48. The van der Waals surface area contributed by atoms with Gasteiger partial charge in [-0.15, -0.1) is 0 Å². The number of β-amino-alcohol motifs (C(OH)–C–C–N with tert-alkyl or cyclic N) is 1. The fourth-order valence-corrected chi connectivity index (χ4v) is 5.25. The zero-order valence-electron chi connectivity index (χ0n) is 9.47. The van der Waals surface area contributed by atoms with E-state index in [1.807, 2.05) is 0 Å². The number of aliphatic hydroxyl groups is 1. The maximum absolute atomic E-state index is 12.3. The molecule has 0 amide bonds. The highest BCUT2D eigenvalue weighted by Crippen LogP contribution is 2.32. The van der Waals surface area contributed by atoms with Gasteiger partial charge >= 0.3 is 0 Å². The normalized spacial score (nSPS) is 26.6. The van der Waals surface area contributed by atoms with Crippen LogP contribution in [0.1, 0.15) is 19.0 Å². The minimum atomic E-state index is -3.57. The second-order valence-electron chi connectivity index (χ2n) is 4.43. The van der Waals surface area contributed by atoms with Gasteiger partial charge in [-0.25, -0.2) is 13.4 Å². The van der Waals surface area contributed by atoms with Gasteiger partial charge in [0.2, 0.25) is 0 Å². The predicted molar refractivity (Wildman–Crippen MR) is 65.9 cm³/mol. The smallest absolute Gasteiger partial charge is 0.254 e. The van der Waals surface area contributed by atoms with E-state index in [1.54, 1.807) is 13.8 Å². The highest BCUT2D eigenvalue weighted by atomic mass is 35.5. The molecule has 2 rings (SSSR count). The molecule has 17 heavy (non-hydrogen) atoms. The molecule has 8 heteroatoms. The van der Waals surface area contributed by atoms with Crippen LogP contribution in [0.3, 0.4) is 0 Å². The van der Waals surface area contributed by atoms with Gasteiger partial charge in [-0.1, -0.05) is 22.9 Å². The van der Waals surface area contributed by atoms with E-state index < -0.39 is 15.6 Å². The SMILES string of the molecule is Cc1nc(Cl)sc1S(=O)(=O)N1CCC(C)(O)C1. The topological polar surface area (TPSA) is 70.5 Å². The molecule has 0 saturated carbocycles. The molecule has 1 saturated heterocycles. The largest absolute Gasteiger partial charge is 0.389 e. The van der Waals surface area contributed by atoms with E-state index in [0.717, 1.165) is 11.3 Å². The lowest BCUT2D eigenvalue weighted by atomic mass is 10.1. The van der Waals surface area contributed by atoms with E-state index in [9.17, 15) is 13.5 Å². The Balaban J connectivity index is 2.35. The summed E-state index contributed by atoms with van der Waals surface area (Å²) >= 11 is 6.66. The molecule has 1 N–H and O–H groups in total. The molecule has 1 aliphatic rings. The predicted octanol–water partition coefficient (Wildman–Crippen LogP) is 1.25. The Bertz CT molecular complexity index is 538. The first-order chi connectivity index (χ1) is 7.72. The molecule has 1 atom stereocenters. The molecule has 1 aliphatic heterocycles. The monoisotopic (exact) mass is 296 g/mol. The molecular weight excluding hydrogens is 284 g/mol. The van der Waals surface area contributed by atoms with Crippen molar-refractivity contribution in [2.45, 2.75) is 30.1 Å². The van der Waals surface area contributed by atoms with Crippen LogP contribution in [0.5, 0.6) is 0 Å². The van der Waals surface area contributed by atoms with Crippen LogP contribution in [0.15, 0.2) is 4.21 Å². The fourth-order valence-electron chi connectivity index (χ4n) is 1.82. The molecular formula is C9H13ClN2O3S2. The van der Waals surface area contributed by atoms with Gasteiger partial charge in [0.1, 0.15) is 0 Å². The molecule has 1 unspecified atom stereocenters. The van der Waals surface area contributed by atoms with Crippen molar-refractivity contribution in [2.75, 3.05) is 13.1 Å². The second kappa shape index (κ2) is 4.17. The van der Waals surface area contributed by atoms with Gasteiger partial charge in [0.05, 0.1) is 11.3 Å². The summed E-state index contributed by atoms with van der Waals surface area (Å²) in [6.45, 7) is 3.69. The van der Waals surface area contributed by atoms with Crippen LogP contribution in [0.2, 0.25) is 4.47 Å². The Morgan fingerprint density at radius 1 is 1.59 bits per heavy atom. The van der Waals surface area contributed by atoms with Gasteiger partial charge in [0.15, 0.2) is 8.68 Å². The number of hydrogen-bond donors (Lipinski definition) is 1. The van der Waals surface area contributed by atoms with Crippen LogP contribution in [0.4, 0.5) is 0 Å². The first kappa shape index (κ1) is 13.2. The number of thiazole rings is 1. The average Bonchev–Trinajstić information content (AvgIpc) is 2.69. The molecule has 2 heterocycles. The molecule has 0 bridgehead atoms. The summed E-state index contributed by atoms with van der Waals surface area (Å²) in [5.74, 6) is 0. The fraction of sp³-hybridized carbons (Fsp3) is 0.667. The third-order valence-corrected chi connectivity index (χ3v) is 6.41. The van der Waals surface area contributed by atoms with Gasteiger partial charge in [0, 0.05) is 13.1 Å². The number of aryl methyl sites for hydroxylation is 1. The van der Waals surface area contributed by atoms with Gasteiger partial charge in [-0.05, 0) is 20.3 Å².